The Bertz CT molecular complexity index is 554. The first-order chi connectivity index (χ1) is 10.1. The van der Waals surface area contributed by atoms with E-state index in [1.807, 2.05) is 12.1 Å². The average Bonchev–Trinajstić information content (AvgIpc) is 2.46. The molecule has 1 N–H and O–H groups in total. The van der Waals surface area contributed by atoms with Gasteiger partial charge in [-0.2, -0.15) is 0 Å². The summed E-state index contributed by atoms with van der Waals surface area (Å²) >= 11 is 0. The second-order valence-corrected chi connectivity index (χ2v) is 5.64. The standard InChI is InChI=1S/C19H24FN/c1-4-12-21-18(13-16-8-10-17(20)11-9-16)19-14(2)6-5-7-15(19)3/h5-11,18,21H,4,12-13H2,1-3H3. The fourth-order valence-corrected chi connectivity index (χ4v) is 2.83. The topological polar surface area (TPSA) is 12.0 Å². The number of nitrogens with one attached hydrogen (secondary N) is 1. The van der Waals surface area contributed by atoms with Gasteiger partial charge in [-0.15, -0.1) is 0 Å². The SMILES string of the molecule is CCCNC(Cc1ccc(F)cc1)c1c(C)cccc1C. The maximum atomic E-state index is 13.1. The van der Waals surface area contributed by atoms with E-state index in [4.69, 9.17) is 0 Å². The van der Waals surface area contributed by atoms with E-state index in [1.165, 1.54) is 28.8 Å². The van der Waals surface area contributed by atoms with Crippen molar-refractivity contribution in [2.75, 3.05) is 6.54 Å². The molecule has 0 saturated heterocycles. The molecule has 0 fully saturated rings. The van der Waals surface area contributed by atoms with Gasteiger partial charge in [-0.05, 0) is 67.6 Å². The van der Waals surface area contributed by atoms with E-state index < -0.39 is 0 Å². The van der Waals surface area contributed by atoms with Crippen LogP contribution in [0.3, 0.4) is 0 Å². The zero-order chi connectivity index (χ0) is 15.2. The summed E-state index contributed by atoms with van der Waals surface area (Å²) in [5.74, 6) is -0.177. The van der Waals surface area contributed by atoms with Crippen molar-refractivity contribution in [1.29, 1.82) is 0 Å². The van der Waals surface area contributed by atoms with Gasteiger partial charge in [0, 0.05) is 6.04 Å². The van der Waals surface area contributed by atoms with Gasteiger partial charge in [0.15, 0.2) is 0 Å². The summed E-state index contributed by atoms with van der Waals surface area (Å²) < 4.78 is 13.1. The van der Waals surface area contributed by atoms with Gasteiger partial charge in [-0.25, -0.2) is 4.39 Å². The van der Waals surface area contributed by atoms with Crippen LogP contribution in [-0.2, 0) is 6.42 Å². The molecular formula is C19H24FN. The Morgan fingerprint density at radius 2 is 1.62 bits per heavy atom. The van der Waals surface area contributed by atoms with Gasteiger partial charge in [-0.1, -0.05) is 37.3 Å². The van der Waals surface area contributed by atoms with Gasteiger partial charge >= 0.3 is 0 Å². The smallest absolute Gasteiger partial charge is 0.123 e. The number of aryl methyl sites for hydroxylation is 2. The predicted octanol–water partition coefficient (Wildman–Crippen LogP) is 4.73. The van der Waals surface area contributed by atoms with Crippen LogP contribution in [0.25, 0.3) is 0 Å². The van der Waals surface area contributed by atoms with Gasteiger partial charge in [0.2, 0.25) is 0 Å². The van der Waals surface area contributed by atoms with Crippen molar-refractivity contribution in [1.82, 2.24) is 5.32 Å². The van der Waals surface area contributed by atoms with E-state index in [0.29, 0.717) is 0 Å². The lowest BCUT2D eigenvalue weighted by Crippen LogP contribution is -2.25. The van der Waals surface area contributed by atoms with Crippen LogP contribution < -0.4 is 5.32 Å². The normalized spacial score (nSPS) is 12.4. The fourth-order valence-electron chi connectivity index (χ4n) is 2.83. The molecular weight excluding hydrogens is 261 g/mol. The molecule has 0 bridgehead atoms. The van der Waals surface area contributed by atoms with Crippen LogP contribution in [0, 0.1) is 19.7 Å². The first-order valence-corrected chi connectivity index (χ1v) is 7.65. The van der Waals surface area contributed by atoms with Crippen LogP contribution in [0.4, 0.5) is 4.39 Å². The molecule has 1 nitrogen and oxygen atoms in total. The number of halogens is 1. The van der Waals surface area contributed by atoms with Gasteiger partial charge in [0.05, 0.1) is 0 Å². The second kappa shape index (κ2) is 7.37. The van der Waals surface area contributed by atoms with Crippen LogP contribution in [0.1, 0.15) is 41.6 Å². The van der Waals surface area contributed by atoms with Gasteiger partial charge < -0.3 is 5.32 Å². The molecule has 2 rings (SSSR count). The molecule has 0 aliphatic heterocycles. The van der Waals surface area contributed by atoms with Gasteiger partial charge in [0.25, 0.3) is 0 Å². The Hall–Kier alpha value is -1.67. The molecule has 0 aliphatic carbocycles. The molecule has 112 valence electrons. The molecule has 1 atom stereocenters. The Kier molecular flexibility index (Phi) is 5.51. The van der Waals surface area contributed by atoms with E-state index in [-0.39, 0.29) is 11.9 Å². The lowest BCUT2D eigenvalue weighted by molar-refractivity contribution is 0.524. The number of hydrogen-bond donors (Lipinski definition) is 1. The molecule has 0 aromatic heterocycles. The maximum Gasteiger partial charge on any atom is 0.123 e. The van der Waals surface area contributed by atoms with Crippen molar-refractivity contribution in [2.45, 2.75) is 39.7 Å². The molecule has 1 unspecified atom stereocenters. The van der Waals surface area contributed by atoms with E-state index in [2.05, 4.69) is 44.3 Å². The molecule has 0 saturated carbocycles. The van der Waals surface area contributed by atoms with Crippen LogP contribution in [0.5, 0.6) is 0 Å². The molecule has 2 aromatic rings. The highest BCUT2D eigenvalue weighted by Gasteiger charge is 2.16. The minimum atomic E-state index is -0.177. The highest BCUT2D eigenvalue weighted by atomic mass is 19.1. The van der Waals surface area contributed by atoms with Gasteiger partial charge in [-0.3, -0.25) is 0 Å². The Balaban J connectivity index is 2.27. The summed E-state index contributed by atoms with van der Waals surface area (Å²) in [5, 5.41) is 3.64. The van der Waals surface area contributed by atoms with Crippen molar-refractivity contribution in [3.8, 4) is 0 Å². The third-order valence-electron chi connectivity index (χ3n) is 3.88. The maximum absolute atomic E-state index is 13.1. The van der Waals surface area contributed by atoms with Gasteiger partial charge in [0.1, 0.15) is 5.82 Å². The Morgan fingerprint density at radius 1 is 1.00 bits per heavy atom. The van der Waals surface area contributed by atoms with Crippen molar-refractivity contribution < 1.29 is 4.39 Å². The number of hydrogen-bond acceptors (Lipinski definition) is 1. The highest BCUT2D eigenvalue weighted by molar-refractivity contribution is 5.37. The van der Waals surface area contributed by atoms with E-state index in [1.54, 1.807) is 0 Å². The van der Waals surface area contributed by atoms with Crippen molar-refractivity contribution in [3.63, 3.8) is 0 Å². The van der Waals surface area contributed by atoms with Crippen LogP contribution in [0.2, 0.25) is 0 Å². The molecule has 2 aromatic carbocycles. The molecule has 0 aliphatic rings. The first kappa shape index (κ1) is 15.7. The summed E-state index contributed by atoms with van der Waals surface area (Å²) in [7, 11) is 0. The summed E-state index contributed by atoms with van der Waals surface area (Å²) in [6.45, 7) is 7.48. The zero-order valence-electron chi connectivity index (χ0n) is 13.1. The summed E-state index contributed by atoms with van der Waals surface area (Å²) in [6, 6.07) is 13.5. The third-order valence-corrected chi connectivity index (χ3v) is 3.88. The lowest BCUT2D eigenvalue weighted by atomic mass is 9.91. The number of rotatable bonds is 6. The Labute approximate surface area is 127 Å². The first-order valence-electron chi connectivity index (χ1n) is 7.65. The lowest BCUT2D eigenvalue weighted by Gasteiger charge is -2.23. The average molecular weight is 285 g/mol. The largest absolute Gasteiger partial charge is 0.310 e. The molecule has 2 heteroatoms. The van der Waals surface area contributed by atoms with Crippen molar-refractivity contribution in [3.05, 3.63) is 70.5 Å². The Morgan fingerprint density at radius 3 is 2.19 bits per heavy atom. The highest BCUT2D eigenvalue weighted by Crippen LogP contribution is 2.25. The van der Waals surface area contributed by atoms with Crippen LogP contribution >= 0.6 is 0 Å². The number of benzene rings is 2. The quantitative estimate of drug-likeness (QED) is 0.809. The minimum Gasteiger partial charge on any atom is -0.310 e. The summed E-state index contributed by atoms with van der Waals surface area (Å²) in [6.07, 6.45) is 1.98. The van der Waals surface area contributed by atoms with Crippen molar-refractivity contribution in [2.24, 2.45) is 0 Å². The van der Waals surface area contributed by atoms with E-state index in [0.717, 1.165) is 24.9 Å². The minimum absolute atomic E-state index is 0.177. The molecule has 0 radical (unpaired) electrons. The molecule has 21 heavy (non-hydrogen) atoms. The fraction of sp³-hybridized carbons (Fsp3) is 0.368. The second-order valence-electron chi connectivity index (χ2n) is 5.64. The van der Waals surface area contributed by atoms with E-state index >= 15 is 0 Å². The van der Waals surface area contributed by atoms with E-state index in [9.17, 15) is 4.39 Å². The third kappa shape index (κ3) is 4.15. The summed E-state index contributed by atoms with van der Waals surface area (Å²) in [4.78, 5) is 0. The summed E-state index contributed by atoms with van der Waals surface area (Å²) in [5.41, 5.74) is 5.15. The molecule has 0 heterocycles. The van der Waals surface area contributed by atoms with Crippen LogP contribution in [-0.4, -0.2) is 6.54 Å². The molecule has 0 spiro atoms. The molecule has 0 amide bonds. The predicted molar refractivity (Wildman–Crippen MR) is 87.1 cm³/mol. The monoisotopic (exact) mass is 285 g/mol. The van der Waals surface area contributed by atoms with Crippen molar-refractivity contribution >= 4 is 0 Å². The van der Waals surface area contributed by atoms with Crippen LogP contribution in [0.15, 0.2) is 42.5 Å². The zero-order valence-corrected chi connectivity index (χ0v) is 13.1.